The topological polar surface area (TPSA) is 53.9 Å². The fourth-order valence-corrected chi connectivity index (χ4v) is 3.75. The van der Waals surface area contributed by atoms with E-state index in [1.807, 2.05) is 29.2 Å². The second-order valence-corrected chi connectivity index (χ2v) is 7.31. The molecule has 5 heteroatoms. The van der Waals surface area contributed by atoms with Gasteiger partial charge in [0.2, 0.25) is 0 Å². The van der Waals surface area contributed by atoms with E-state index in [0.717, 1.165) is 29.9 Å². The van der Waals surface area contributed by atoms with Crippen LogP contribution in [0.2, 0.25) is 0 Å². The Hall–Kier alpha value is -2.82. The van der Waals surface area contributed by atoms with Gasteiger partial charge >= 0.3 is 0 Å². The van der Waals surface area contributed by atoms with Crippen molar-refractivity contribution in [3.63, 3.8) is 0 Å². The smallest absolute Gasteiger partial charge is 0.275 e. The molecule has 3 aromatic rings. The summed E-state index contributed by atoms with van der Waals surface area (Å²) in [5, 5.41) is 7.32. The first-order valence-corrected chi connectivity index (χ1v) is 9.18. The average Bonchev–Trinajstić information content (AvgIpc) is 3.29. The van der Waals surface area contributed by atoms with Crippen molar-refractivity contribution in [3.8, 4) is 0 Å². The van der Waals surface area contributed by atoms with Crippen molar-refractivity contribution >= 4 is 5.91 Å². The SMILES string of the molecule is CC(C)Cc1cc(C(=O)N2CCn3cccc3C2c2ccccc2)n[nH]1. The molecule has 0 bridgehead atoms. The highest BCUT2D eigenvalue weighted by molar-refractivity contribution is 5.93. The maximum atomic E-state index is 13.2. The first kappa shape index (κ1) is 16.6. The molecule has 1 N–H and O–H groups in total. The molecule has 0 saturated carbocycles. The molecular formula is C21H24N4O. The van der Waals surface area contributed by atoms with Crippen molar-refractivity contribution in [2.24, 2.45) is 5.92 Å². The van der Waals surface area contributed by atoms with Gasteiger partial charge in [-0.05, 0) is 36.1 Å². The standard InChI is InChI=1S/C21H24N4O/c1-15(2)13-17-14-18(23-22-17)21(26)25-12-11-24-10-6-9-19(24)20(25)16-7-4-3-5-8-16/h3-10,14-15,20H,11-13H2,1-2H3,(H,22,23). The minimum atomic E-state index is -0.0855. The highest BCUT2D eigenvalue weighted by Crippen LogP contribution is 2.33. The van der Waals surface area contributed by atoms with Gasteiger partial charge in [0.1, 0.15) is 5.69 Å². The van der Waals surface area contributed by atoms with Crippen LogP contribution in [-0.2, 0) is 13.0 Å². The number of hydrogen-bond acceptors (Lipinski definition) is 2. The van der Waals surface area contributed by atoms with E-state index in [9.17, 15) is 4.79 Å². The molecule has 1 aliphatic rings. The Morgan fingerprint density at radius 2 is 2.00 bits per heavy atom. The highest BCUT2D eigenvalue weighted by Gasteiger charge is 2.33. The first-order chi connectivity index (χ1) is 12.6. The molecule has 26 heavy (non-hydrogen) atoms. The molecule has 134 valence electrons. The number of rotatable bonds is 4. The fraction of sp³-hybridized carbons (Fsp3) is 0.333. The molecule has 4 rings (SSSR count). The summed E-state index contributed by atoms with van der Waals surface area (Å²) in [5.41, 5.74) is 3.79. The largest absolute Gasteiger partial charge is 0.348 e. The quantitative estimate of drug-likeness (QED) is 0.782. The van der Waals surface area contributed by atoms with Crippen molar-refractivity contribution in [2.75, 3.05) is 6.54 Å². The number of nitrogens with one attached hydrogen (secondary N) is 1. The number of nitrogens with zero attached hydrogens (tertiary/aromatic N) is 3. The van der Waals surface area contributed by atoms with Gasteiger partial charge < -0.3 is 9.47 Å². The summed E-state index contributed by atoms with van der Waals surface area (Å²) < 4.78 is 2.23. The van der Waals surface area contributed by atoms with Gasteiger partial charge in [0.25, 0.3) is 5.91 Å². The zero-order valence-electron chi connectivity index (χ0n) is 15.2. The Kier molecular flexibility index (Phi) is 4.37. The lowest BCUT2D eigenvalue weighted by Gasteiger charge is -2.37. The third-order valence-electron chi connectivity index (χ3n) is 4.89. The zero-order valence-corrected chi connectivity index (χ0v) is 15.2. The number of hydrogen-bond donors (Lipinski definition) is 1. The monoisotopic (exact) mass is 348 g/mol. The number of amides is 1. The summed E-state index contributed by atoms with van der Waals surface area (Å²) >= 11 is 0. The van der Waals surface area contributed by atoms with Crippen LogP contribution in [-0.4, -0.2) is 32.1 Å². The molecule has 0 saturated heterocycles. The predicted molar refractivity (Wildman–Crippen MR) is 101 cm³/mol. The molecule has 3 heterocycles. The van der Waals surface area contributed by atoms with Gasteiger partial charge in [-0.1, -0.05) is 44.2 Å². The van der Waals surface area contributed by atoms with Crippen LogP contribution in [0, 0.1) is 5.92 Å². The molecular weight excluding hydrogens is 324 g/mol. The van der Waals surface area contributed by atoms with Crippen LogP contribution < -0.4 is 0 Å². The summed E-state index contributed by atoms with van der Waals surface area (Å²) in [4.78, 5) is 15.2. The van der Waals surface area contributed by atoms with Crippen LogP contribution in [0.25, 0.3) is 0 Å². The van der Waals surface area contributed by atoms with Crippen LogP contribution in [0.1, 0.15) is 47.3 Å². The van der Waals surface area contributed by atoms with E-state index in [2.05, 4.69) is 59.1 Å². The third kappa shape index (κ3) is 3.05. The van der Waals surface area contributed by atoms with Crippen molar-refractivity contribution in [2.45, 2.75) is 32.9 Å². The second-order valence-electron chi connectivity index (χ2n) is 7.31. The number of fused-ring (bicyclic) bond motifs is 1. The van der Waals surface area contributed by atoms with E-state index in [1.165, 1.54) is 0 Å². The summed E-state index contributed by atoms with van der Waals surface area (Å²) in [6, 6.07) is 16.2. The minimum absolute atomic E-state index is 0.0161. The lowest BCUT2D eigenvalue weighted by atomic mass is 9.99. The maximum Gasteiger partial charge on any atom is 0.275 e. The number of aromatic nitrogens is 3. The third-order valence-corrected chi connectivity index (χ3v) is 4.89. The van der Waals surface area contributed by atoms with Gasteiger partial charge in [-0.25, -0.2) is 0 Å². The van der Waals surface area contributed by atoms with Gasteiger partial charge in [0, 0.05) is 30.7 Å². The van der Waals surface area contributed by atoms with E-state index >= 15 is 0 Å². The van der Waals surface area contributed by atoms with E-state index in [-0.39, 0.29) is 11.9 Å². The normalized spacial score (nSPS) is 16.7. The first-order valence-electron chi connectivity index (χ1n) is 9.18. The van der Waals surface area contributed by atoms with Gasteiger partial charge in [0.15, 0.2) is 0 Å². The Balaban J connectivity index is 1.68. The number of carbonyl (C=O) groups is 1. The predicted octanol–water partition coefficient (Wildman–Crippen LogP) is 3.66. The summed E-state index contributed by atoms with van der Waals surface area (Å²) in [7, 11) is 0. The van der Waals surface area contributed by atoms with Crippen molar-refractivity contribution < 1.29 is 4.79 Å². The van der Waals surface area contributed by atoms with Crippen LogP contribution in [0.15, 0.2) is 54.7 Å². The molecule has 1 unspecified atom stereocenters. The van der Waals surface area contributed by atoms with Gasteiger partial charge in [-0.3, -0.25) is 9.89 Å². The van der Waals surface area contributed by atoms with E-state index in [1.54, 1.807) is 0 Å². The van der Waals surface area contributed by atoms with Crippen molar-refractivity contribution in [3.05, 3.63) is 77.4 Å². The summed E-state index contributed by atoms with van der Waals surface area (Å²) in [5.74, 6) is 0.506. The Bertz CT molecular complexity index is 894. The molecule has 0 radical (unpaired) electrons. The Morgan fingerprint density at radius 3 is 2.77 bits per heavy atom. The summed E-state index contributed by atoms with van der Waals surface area (Å²) in [6.07, 6.45) is 2.98. The maximum absolute atomic E-state index is 13.2. The Labute approximate surface area is 153 Å². The molecule has 0 aliphatic carbocycles. The fourth-order valence-electron chi connectivity index (χ4n) is 3.75. The minimum Gasteiger partial charge on any atom is -0.348 e. The molecule has 2 aromatic heterocycles. The van der Waals surface area contributed by atoms with Crippen LogP contribution in [0.4, 0.5) is 0 Å². The molecule has 1 amide bonds. The summed E-state index contributed by atoms with van der Waals surface area (Å²) in [6.45, 7) is 5.80. The molecule has 0 fully saturated rings. The molecule has 1 aromatic carbocycles. The van der Waals surface area contributed by atoms with Gasteiger partial charge in [0.05, 0.1) is 6.04 Å². The molecule has 0 spiro atoms. The number of carbonyl (C=O) groups excluding carboxylic acids is 1. The van der Waals surface area contributed by atoms with E-state index in [0.29, 0.717) is 18.2 Å². The van der Waals surface area contributed by atoms with Gasteiger partial charge in [-0.15, -0.1) is 0 Å². The van der Waals surface area contributed by atoms with Crippen LogP contribution in [0.3, 0.4) is 0 Å². The molecule has 5 nitrogen and oxygen atoms in total. The highest BCUT2D eigenvalue weighted by atomic mass is 16.2. The van der Waals surface area contributed by atoms with Crippen LogP contribution >= 0.6 is 0 Å². The van der Waals surface area contributed by atoms with Crippen LogP contribution in [0.5, 0.6) is 0 Å². The number of aromatic amines is 1. The lowest BCUT2D eigenvalue weighted by Crippen LogP contribution is -2.42. The Morgan fingerprint density at radius 1 is 1.19 bits per heavy atom. The van der Waals surface area contributed by atoms with E-state index in [4.69, 9.17) is 0 Å². The lowest BCUT2D eigenvalue weighted by molar-refractivity contribution is 0.0658. The second kappa shape index (κ2) is 6.83. The molecule has 1 atom stereocenters. The average molecular weight is 348 g/mol. The zero-order chi connectivity index (χ0) is 18.1. The van der Waals surface area contributed by atoms with Crippen molar-refractivity contribution in [1.29, 1.82) is 0 Å². The number of H-pyrrole nitrogens is 1. The van der Waals surface area contributed by atoms with Crippen molar-refractivity contribution in [1.82, 2.24) is 19.7 Å². The van der Waals surface area contributed by atoms with Gasteiger partial charge in [-0.2, -0.15) is 5.10 Å². The molecule has 1 aliphatic heterocycles. The van der Waals surface area contributed by atoms with E-state index < -0.39 is 0 Å². The number of benzene rings is 1.